The Balaban J connectivity index is 1.45. The summed E-state index contributed by atoms with van der Waals surface area (Å²) in [6, 6.07) is 19.8. The molecule has 0 saturated carbocycles. The average Bonchev–Trinajstić information content (AvgIpc) is 3.33. The molecule has 1 atom stereocenters. The van der Waals surface area contributed by atoms with E-state index in [0.29, 0.717) is 48.9 Å². The van der Waals surface area contributed by atoms with Crippen molar-refractivity contribution in [2.45, 2.75) is 30.5 Å². The van der Waals surface area contributed by atoms with E-state index in [4.69, 9.17) is 49.4 Å². The molecular formula is C28H23Cl3N4O3S. The van der Waals surface area contributed by atoms with Crippen molar-refractivity contribution in [2.24, 2.45) is 0 Å². The van der Waals surface area contributed by atoms with Gasteiger partial charge < -0.3 is 14.8 Å². The highest BCUT2D eigenvalue weighted by Gasteiger charge is 2.35. The van der Waals surface area contributed by atoms with Crippen LogP contribution in [0.2, 0.25) is 15.1 Å². The van der Waals surface area contributed by atoms with Crippen LogP contribution in [0.4, 0.5) is 5.95 Å². The molecule has 1 aromatic heterocycles. The molecule has 0 spiro atoms. The van der Waals surface area contributed by atoms with Crippen LogP contribution < -0.4 is 10.1 Å². The van der Waals surface area contributed by atoms with Crippen LogP contribution in [0.1, 0.15) is 29.7 Å². The number of nitrogens with zero attached hydrogens (tertiary/aromatic N) is 3. The number of rotatable bonds is 8. The minimum Gasteiger partial charge on any atom is -0.489 e. The van der Waals surface area contributed by atoms with Crippen molar-refractivity contribution in [2.75, 3.05) is 12.4 Å². The predicted molar refractivity (Wildman–Crippen MR) is 155 cm³/mol. The van der Waals surface area contributed by atoms with E-state index in [1.807, 2.05) is 61.5 Å². The van der Waals surface area contributed by atoms with Gasteiger partial charge in [0, 0.05) is 32.1 Å². The van der Waals surface area contributed by atoms with Crippen LogP contribution in [0.25, 0.3) is 0 Å². The fraction of sp³-hybridized carbons (Fsp3) is 0.179. The first-order valence-corrected chi connectivity index (χ1v) is 14.0. The molecule has 0 radical (unpaired) electrons. The molecule has 0 saturated heterocycles. The Hall–Kier alpha value is -3.17. The van der Waals surface area contributed by atoms with Gasteiger partial charge in [-0.2, -0.15) is 4.98 Å². The molecule has 3 aromatic carbocycles. The van der Waals surface area contributed by atoms with E-state index in [0.717, 1.165) is 16.7 Å². The van der Waals surface area contributed by atoms with Crippen LogP contribution in [-0.2, 0) is 21.9 Å². The second kappa shape index (κ2) is 11.9. The first kappa shape index (κ1) is 27.4. The molecule has 1 unspecified atom stereocenters. The fourth-order valence-electron chi connectivity index (χ4n) is 4.21. The van der Waals surface area contributed by atoms with Crippen LogP contribution >= 0.6 is 46.6 Å². The number of carbonyl (C=O) groups is 1. The average molecular weight is 602 g/mol. The van der Waals surface area contributed by atoms with Crippen LogP contribution in [0.15, 0.2) is 83.2 Å². The zero-order chi connectivity index (χ0) is 27.5. The van der Waals surface area contributed by atoms with Gasteiger partial charge in [0.25, 0.3) is 0 Å². The third-order valence-corrected chi connectivity index (χ3v) is 7.98. The van der Waals surface area contributed by atoms with Gasteiger partial charge in [-0.05, 0) is 48.4 Å². The summed E-state index contributed by atoms with van der Waals surface area (Å²) in [5.74, 6) is 1.26. The molecule has 4 aromatic rings. The third-order valence-electron chi connectivity index (χ3n) is 6.14. The van der Waals surface area contributed by atoms with Gasteiger partial charge in [0.15, 0.2) is 0 Å². The lowest BCUT2D eigenvalue weighted by molar-refractivity contribution is -0.136. The molecular weight excluding hydrogens is 579 g/mol. The Morgan fingerprint density at radius 1 is 1.03 bits per heavy atom. The molecule has 0 amide bonds. The number of thioether (sulfide) groups is 1. The standard InChI is InChI=1S/C28H23Cl3N4O3S/c1-16-24(26(36)37-2)25(17-7-5-8-21(12-17)38-14-18-10-11-20(29)13-23(18)31)35-27(32-16)33-28(34-35)39-15-19-6-3-4-9-22(19)30/h3-13,25H,14-15H2,1-2H3,(H,32,33,34). The van der Waals surface area contributed by atoms with E-state index in [2.05, 4.69) is 10.3 Å². The monoisotopic (exact) mass is 600 g/mol. The molecule has 1 aliphatic rings. The Bertz CT molecular complexity index is 1570. The Morgan fingerprint density at radius 2 is 1.85 bits per heavy atom. The SMILES string of the molecule is COC(=O)C1=C(C)Nc2nc(SCc3ccccc3Cl)nn2C1c1cccc(OCc2ccc(Cl)cc2Cl)c1. The second-order valence-corrected chi connectivity index (χ2v) is 10.9. The number of carbonyl (C=O) groups excluding carboxylic acids is 1. The van der Waals surface area contributed by atoms with E-state index in [1.165, 1.54) is 18.9 Å². The summed E-state index contributed by atoms with van der Waals surface area (Å²) in [4.78, 5) is 17.6. The number of fused-ring (bicyclic) bond motifs is 1. The molecule has 1 aliphatic heterocycles. The second-order valence-electron chi connectivity index (χ2n) is 8.70. The lowest BCUT2D eigenvalue weighted by atomic mass is 9.95. The number of ether oxygens (including phenoxy) is 2. The quantitative estimate of drug-likeness (QED) is 0.165. The molecule has 0 fully saturated rings. The van der Waals surface area contributed by atoms with E-state index < -0.39 is 12.0 Å². The summed E-state index contributed by atoms with van der Waals surface area (Å²) >= 11 is 20.1. The first-order chi connectivity index (χ1) is 18.8. The van der Waals surface area contributed by atoms with Crippen molar-refractivity contribution >= 4 is 58.5 Å². The summed E-state index contributed by atoms with van der Waals surface area (Å²) in [5, 5.41) is 10.3. The summed E-state index contributed by atoms with van der Waals surface area (Å²) in [5.41, 5.74) is 3.63. The van der Waals surface area contributed by atoms with Gasteiger partial charge in [0.2, 0.25) is 11.1 Å². The van der Waals surface area contributed by atoms with Gasteiger partial charge in [-0.25, -0.2) is 9.48 Å². The van der Waals surface area contributed by atoms with E-state index in [1.54, 1.807) is 16.8 Å². The van der Waals surface area contributed by atoms with Crippen molar-refractivity contribution < 1.29 is 14.3 Å². The highest BCUT2D eigenvalue weighted by Crippen LogP contribution is 2.38. The summed E-state index contributed by atoms with van der Waals surface area (Å²) in [6.45, 7) is 2.07. The van der Waals surface area contributed by atoms with Gasteiger partial charge >= 0.3 is 5.97 Å². The van der Waals surface area contributed by atoms with Gasteiger partial charge in [-0.1, -0.05) is 83.0 Å². The Kier molecular flexibility index (Phi) is 8.37. The number of allylic oxidation sites excluding steroid dienone is 1. The number of methoxy groups -OCH3 is 1. The normalized spacial score (nSPS) is 14.5. The van der Waals surface area contributed by atoms with Gasteiger partial charge in [0.05, 0.1) is 12.7 Å². The molecule has 0 aliphatic carbocycles. The van der Waals surface area contributed by atoms with E-state index in [9.17, 15) is 4.79 Å². The predicted octanol–water partition coefficient (Wildman–Crippen LogP) is 7.57. The molecule has 5 rings (SSSR count). The van der Waals surface area contributed by atoms with Gasteiger partial charge in [-0.15, -0.1) is 5.10 Å². The molecule has 1 N–H and O–H groups in total. The largest absolute Gasteiger partial charge is 0.489 e. The smallest absolute Gasteiger partial charge is 0.338 e. The van der Waals surface area contributed by atoms with Crippen molar-refractivity contribution in [3.63, 3.8) is 0 Å². The number of aromatic nitrogens is 3. The molecule has 39 heavy (non-hydrogen) atoms. The minimum absolute atomic E-state index is 0.252. The number of anilines is 1. The number of hydrogen-bond donors (Lipinski definition) is 1. The lowest BCUT2D eigenvalue weighted by Gasteiger charge is -2.28. The number of halogens is 3. The summed E-state index contributed by atoms with van der Waals surface area (Å²) < 4.78 is 12.9. The van der Waals surface area contributed by atoms with Crippen molar-refractivity contribution in [3.8, 4) is 5.75 Å². The molecule has 200 valence electrons. The number of benzene rings is 3. The van der Waals surface area contributed by atoms with Crippen LogP contribution in [-0.4, -0.2) is 27.8 Å². The van der Waals surface area contributed by atoms with Crippen molar-refractivity contribution in [1.82, 2.24) is 14.8 Å². The van der Waals surface area contributed by atoms with E-state index in [-0.39, 0.29) is 6.61 Å². The van der Waals surface area contributed by atoms with Crippen molar-refractivity contribution in [1.29, 1.82) is 0 Å². The van der Waals surface area contributed by atoms with Gasteiger partial charge in [0.1, 0.15) is 18.4 Å². The maximum absolute atomic E-state index is 12.9. The maximum atomic E-state index is 12.9. The third kappa shape index (κ3) is 6.04. The van der Waals surface area contributed by atoms with Crippen LogP contribution in [0, 0.1) is 0 Å². The topological polar surface area (TPSA) is 78.3 Å². The summed E-state index contributed by atoms with van der Waals surface area (Å²) in [6.07, 6.45) is 0. The zero-order valence-electron chi connectivity index (χ0n) is 21.0. The minimum atomic E-state index is -0.585. The molecule has 0 bridgehead atoms. The summed E-state index contributed by atoms with van der Waals surface area (Å²) in [7, 11) is 1.36. The number of hydrogen-bond acceptors (Lipinski definition) is 7. The maximum Gasteiger partial charge on any atom is 0.338 e. The van der Waals surface area contributed by atoms with Crippen molar-refractivity contribution in [3.05, 3.63) is 110 Å². The highest BCUT2D eigenvalue weighted by atomic mass is 35.5. The van der Waals surface area contributed by atoms with Crippen LogP contribution in [0.5, 0.6) is 5.75 Å². The Labute approximate surface area is 245 Å². The lowest BCUT2D eigenvalue weighted by Crippen LogP contribution is -2.29. The van der Waals surface area contributed by atoms with Crippen LogP contribution in [0.3, 0.4) is 0 Å². The fourth-order valence-corrected chi connectivity index (χ4v) is 5.78. The zero-order valence-corrected chi connectivity index (χ0v) is 24.0. The Morgan fingerprint density at radius 3 is 2.62 bits per heavy atom. The molecule has 7 nitrogen and oxygen atoms in total. The number of esters is 1. The van der Waals surface area contributed by atoms with Gasteiger partial charge in [-0.3, -0.25) is 0 Å². The van der Waals surface area contributed by atoms with E-state index >= 15 is 0 Å². The number of nitrogens with one attached hydrogen (secondary N) is 1. The first-order valence-electron chi connectivity index (χ1n) is 11.9. The molecule has 2 heterocycles. The highest BCUT2D eigenvalue weighted by molar-refractivity contribution is 7.98. The molecule has 11 heteroatoms.